The minimum atomic E-state index is 0.0429. The van der Waals surface area contributed by atoms with Crippen molar-refractivity contribution in [2.45, 2.75) is 26.3 Å². The predicted octanol–water partition coefficient (Wildman–Crippen LogP) is 3.31. The fourth-order valence-corrected chi connectivity index (χ4v) is 1.97. The van der Waals surface area contributed by atoms with E-state index in [-0.39, 0.29) is 5.91 Å². The van der Waals surface area contributed by atoms with Crippen molar-refractivity contribution in [1.29, 1.82) is 0 Å². The van der Waals surface area contributed by atoms with E-state index in [9.17, 15) is 4.79 Å². The molecule has 20 heavy (non-hydrogen) atoms. The maximum atomic E-state index is 11.8. The van der Waals surface area contributed by atoms with Gasteiger partial charge in [-0.05, 0) is 49.7 Å². The summed E-state index contributed by atoms with van der Waals surface area (Å²) < 4.78 is 7.43. The SMILES string of the molecule is CCOc1ccc(NC(=O)CCCn2cccc2)cc1. The van der Waals surface area contributed by atoms with Gasteiger partial charge < -0.3 is 14.6 Å². The topological polar surface area (TPSA) is 43.3 Å². The molecule has 1 N–H and O–H groups in total. The van der Waals surface area contributed by atoms with Crippen molar-refractivity contribution in [1.82, 2.24) is 4.57 Å². The van der Waals surface area contributed by atoms with Crippen LogP contribution >= 0.6 is 0 Å². The molecule has 0 aliphatic carbocycles. The molecule has 0 atom stereocenters. The van der Waals surface area contributed by atoms with Crippen LogP contribution in [-0.4, -0.2) is 17.1 Å². The molecule has 1 heterocycles. The Bertz CT molecular complexity index is 518. The van der Waals surface area contributed by atoms with Crippen molar-refractivity contribution in [3.63, 3.8) is 0 Å². The Hall–Kier alpha value is -2.23. The monoisotopic (exact) mass is 272 g/mol. The molecule has 1 aromatic heterocycles. The fourth-order valence-electron chi connectivity index (χ4n) is 1.97. The van der Waals surface area contributed by atoms with Crippen LogP contribution in [0.4, 0.5) is 5.69 Å². The second kappa shape index (κ2) is 7.38. The van der Waals surface area contributed by atoms with E-state index < -0.39 is 0 Å². The molecule has 4 nitrogen and oxygen atoms in total. The summed E-state index contributed by atoms with van der Waals surface area (Å²) in [4.78, 5) is 11.8. The van der Waals surface area contributed by atoms with Crippen molar-refractivity contribution in [3.8, 4) is 5.75 Å². The molecule has 2 aromatic rings. The van der Waals surface area contributed by atoms with Crippen LogP contribution in [0.2, 0.25) is 0 Å². The molecule has 4 heteroatoms. The number of hydrogen-bond acceptors (Lipinski definition) is 2. The zero-order chi connectivity index (χ0) is 14.2. The Kier molecular flexibility index (Phi) is 5.24. The highest BCUT2D eigenvalue weighted by Gasteiger charge is 2.02. The Morgan fingerprint density at radius 3 is 2.55 bits per heavy atom. The van der Waals surface area contributed by atoms with E-state index in [1.165, 1.54) is 0 Å². The smallest absolute Gasteiger partial charge is 0.224 e. The molecule has 1 amide bonds. The molecule has 0 saturated carbocycles. The van der Waals surface area contributed by atoms with Gasteiger partial charge in [0.05, 0.1) is 6.61 Å². The number of nitrogens with one attached hydrogen (secondary N) is 1. The minimum Gasteiger partial charge on any atom is -0.494 e. The van der Waals surface area contributed by atoms with Crippen LogP contribution in [-0.2, 0) is 11.3 Å². The van der Waals surface area contributed by atoms with Crippen LogP contribution in [0.25, 0.3) is 0 Å². The van der Waals surface area contributed by atoms with E-state index in [0.29, 0.717) is 13.0 Å². The van der Waals surface area contributed by atoms with Gasteiger partial charge in [-0.25, -0.2) is 0 Å². The van der Waals surface area contributed by atoms with E-state index in [0.717, 1.165) is 24.4 Å². The maximum Gasteiger partial charge on any atom is 0.224 e. The third-order valence-corrected chi connectivity index (χ3v) is 2.94. The van der Waals surface area contributed by atoms with Gasteiger partial charge in [-0.3, -0.25) is 4.79 Å². The van der Waals surface area contributed by atoms with Gasteiger partial charge in [0, 0.05) is 31.0 Å². The molecular formula is C16H20N2O2. The molecular weight excluding hydrogens is 252 g/mol. The van der Waals surface area contributed by atoms with Crippen LogP contribution in [0, 0.1) is 0 Å². The quantitative estimate of drug-likeness (QED) is 0.840. The zero-order valence-corrected chi connectivity index (χ0v) is 11.7. The number of hydrogen-bond donors (Lipinski definition) is 1. The number of anilines is 1. The first-order valence-electron chi connectivity index (χ1n) is 6.91. The van der Waals surface area contributed by atoms with E-state index >= 15 is 0 Å². The summed E-state index contributed by atoms with van der Waals surface area (Å²) in [6.07, 6.45) is 5.36. The van der Waals surface area contributed by atoms with Gasteiger partial charge in [0.15, 0.2) is 0 Å². The van der Waals surface area contributed by atoms with Gasteiger partial charge in [0.25, 0.3) is 0 Å². The van der Waals surface area contributed by atoms with E-state index in [2.05, 4.69) is 9.88 Å². The Balaban J connectivity index is 1.73. The van der Waals surface area contributed by atoms with Crippen LogP contribution in [0.15, 0.2) is 48.8 Å². The highest BCUT2D eigenvalue weighted by molar-refractivity contribution is 5.90. The number of carbonyl (C=O) groups excluding carboxylic acids is 1. The fraction of sp³-hybridized carbons (Fsp3) is 0.312. The average Bonchev–Trinajstić information content (AvgIpc) is 2.94. The van der Waals surface area contributed by atoms with Gasteiger partial charge in [-0.2, -0.15) is 0 Å². The molecule has 1 aromatic carbocycles. The number of nitrogens with zero attached hydrogens (tertiary/aromatic N) is 1. The molecule has 0 radical (unpaired) electrons. The first-order chi connectivity index (χ1) is 9.78. The normalized spacial score (nSPS) is 10.2. The molecule has 0 saturated heterocycles. The minimum absolute atomic E-state index is 0.0429. The summed E-state index contributed by atoms with van der Waals surface area (Å²) in [6, 6.07) is 11.4. The highest BCUT2D eigenvalue weighted by atomic mass is 16.5. The second-order valence-corrected chi connectivity index (χ2v) is 4.53. The molecule has 0 bridgehead atoms. The summed E-state index contributed by atoms with van der Waals surface area (Å²) in [6.45, 7) is 3.45. The lowest BCUT2D eigenvalue weighted by molar-refractivity contribution is -0.116. The average molecular weight is 272 g/mol. The number of aryl methyl sites for hydroxylation is 1. The first kappa shape index (κ1) is 14.2. The molecule has 106 valence electrons. The molecule has 0 aliphatic rings. The summed E-state index contributed by atoms with van der Waals surface area (Å²) in [7, 11) is 0. The van der Waals surface area contributed by atoms with Gasteiger partial charge in [-0.15, -0.1) is 0 Å². The van der Waals surface area contributed by atoms with Crippen LogP contribution in [0.5, 0.6) is 5.75 Å². The Labute approximate surface area is 119 Å². The van der Waals surface area contributed by atoms with Gasteiger partial charge >= 0.3 is 0 Å². The van der Waals surface area contributed by atoms with Crippen LogP contribution < -0.4 is 10.1 Å². The number of rotatable bonds is 7. The van der Waals surface area contributed by atoms with Crippen molar-refractivity contribution >= 4 is 11.6 Å². The highest BCUT2D eigenvalue weighted by Crippen LogP contribution is 2.15. The van der Waals surface area contributed by atoms with Crippen LogP contribution in [0.1, 0.15) is 19.8 Å². The van der Waals surface area contributed by atoms with E-state index in [1.807, 2.05) is 55.7 Å². The Morgan fingerprint density at radius 1 is 1.20 bits per heavy atom. The largest absolute Gasteiger partial charge is 0.494 e. The summed E-state index contributed by atoms with van der Waals surface area (Å²) in [5.41, 5.74) is 0.805. The van der Waals surface area contributed by atoms with E-state index in [4.69, 9.17) is 4.74 Å². The number of carbonyl (C=O) groups is 1. The second-order valence-electron chi connectivity index (χ2n) is 4.53. The van der Waals surface area contributed by atoms with Crippen LogP contribution in [0.3, 0.4) is 0 Å². The number of aromatic nitrogens is 1. The predicted molar refractivity (Wildman–Crippen MR) is 79.9 cm³/mol. The van der Waals surface area contributed by atoms with Crippen molar-refractivity contribution in [3.05, 3.63) is 48.8 Å². The maximum absolute atomic E-state index is 11.8. The molecule has 0 fully saturated rings. The zero-order valence-electron chi connectivity index (χ0n) is 11.7. The van der Waals surface area contributed by atoms with Gasteiger partial charge in [-0.1, -0.05) is 0 Å². The summed E-state index contributed by atoms with van der Waals surface area (Å²) >= 11 is 0. The lowest BCUT2D eigenvalue weighted by atomic mass is 10.2. The standard InChI is InChI=1S/C16H20N2O2/c1-2-20-15-9-7-14(8-10-15)17-16(19)6-5-13-18-11-3-4-12-18/h3-4,7-12H,2,5-6,13H2,1H3,(H,17,19). The lowest BCUT2D eigenvalue weighted by Crippen LogP contribution is -2.12. The molecule has 2 rings (SSSR count). The van der Waals surface area contributed by atoms with Crippen molar-refractivity contribution < 1.29 is 9.53 Å². The van der Waals surface area contributed by atoms with Gasteiger partial charge in [0.2, 0.25) is 5.91 Å². The van der Waals surface area contributed by atoms with Gasteiger partial charge in [0.1, 0.15) is 5.75 Å². The van der Waals surface area contributed by atoms with E-state index in [1.54, 1.807) is 0 Å². The number of benzene rings is 1. The molecule has 0 spiro atoms. The lowest BCUT2D eigenvalue weighted by Gasteiger charge is -2.07. The van der Waals surface area contributed by atoms with Crippen molar-refractivity contribution in [2.24, 2.45) is 0 Å². The third kappa shape index (κ3) is 4.46. The Morgan fingerprint density at radius 2 is 1.90 bits per heavy atom. The summed E-state index contributed by atoms with van der Waals surface area (Å²) in [5.74, 6) is 0.861. The molecule has 0 aliphatic heterocycles. The number of ether oxygens (including phenoxy) is 1. The van der Waals surface area contributed by atoms with Crippen molar-refractivity contribution in [2.75, 3.05) is 11.9 Å². The third-order valence-electron chi connectivity index (χ3n) is 2.94. The first-order valence-corrected chi connectivity index (χ1v) is 6.91. The summed E-state index contributed by atoms with van der Waals surface area (Å²) in [5, 5.41) is 2.89. The number of amides is 1. The molecule has 0 unspecified atom stereocenters.